The number of alkyl halides is 2. The third-order valence-corrected chi connectivity index (χ3v) is 3.32. The summed E-state index contributed by atoms with van der Waals surface area (Å²) in [5.74, 6) is -2.23. The van der Waals surface area contributed by atoms with Crippen molar-refractivity contribution in [2.24, 2.45) is 0 Å². The number of para-hydroxylation sites is 1. The Labute approximate surface area is 120 Å². The molecule has 116 valence electrons. The molecule has 1 amide bonds. The van der Waals surface area contributed by atoms with Gasteiger partial charge in [0.1, 0.15) is 11.3 Å². The normalized spacial score (nSPS) is 11.3. The van der Waals surface area contributed by atoms with Crippen molar-refractivity contribution in [2.45, 2.75) is 38.8 Å². The Hall–Kier alpha value is -2.18. The molecule has 0 aliphatic rings. The number of carbonyl (C=O) groups is 2. The van der Waals surface area contributed by atoms with E-state index in [1.54, 1.807) is 13.8 Å². The molecular weight excluding hydrogens is 284 g/mol. The number of halogens is 2. The number of hydrogen-bond acceptors (Lipinski definition) is 3. The molecule has 1 aromatic carbocycles. The number of hydrogen-bond donors (Lipinski definition) is 2. The number of aliphatic carboxylic acids is 1. The number of carboxylic acids is 1. The predicted molar refractivity (Wildman–Crippen MR) is 71.5 cm³/mol. The van der Waals surface area contributed by atoms with Crippen LogP contribution in [0.4, 0.5) is 8.78 Å². The second kappa shape index (κ2) is 7.01. The lowest BCUT2D eigenvalue weighted by Crippen LogP contribution is -2.53. The van der Waals surface area contributed by atoms with E-state index in [0.29, 0.717) is 0 Å². The fourth-order valence-corrected chi connectivity index (χ4v) is 1.92. The molecule has 0 fully saturated rings. The van der Waals surface area contributed by atoms with Gasteiger partial charge in [-0.3, -0.25) is 4.79 Å². The topological polar surface area (TPSA) is 75.6 Å². The van der Waals surface area contributed by atoms with Gasteiger partial charge in [-0.25, -0.2) is 4.79 Å². The average Bonchev–Trinajstić information content (AvgIpc) is 2.44. The number of amides is 1. The van der Waals surface area contributed by atoms with Gasteiger partial charge in [-0.1, -0.05) is 26.0 Å². The molecule has 0 spiro atoms. The highest BCUT2D eigenvalue weighted by Crippen LogP contribution is 2.22. The van der Waals surface area contributed by atoms with E-state index in [-0.39, 0.29) is 24.2 Å². The number of carboxylic acid groups (broad SMARTS) is 1. The smallest absolute Gasteiger partial charge is 0.387 e. The first kappa shape index (κ1) is 16.9. The summed E-state index contributed by atoms with van der Waals surface area (Å²) in [6.07, 6.45) is 0.338. The molecule has 1 aromatic rings. The van der Waals surface area contributed by atoms with Gasteiger partial charge in [-0.2, -0.15) is 8.78 Å². The zero-order valence-electron chi connectivity index (χ0n) is 11.7. The van der Waals surface area contributed by atoms with Crippen molar-refractivity contribution in [3.63, 3.8) is 0 Å². The Bertz CT molecular complexity index is 515. The van der Waals surface area contributed by atoms with E-state index < -0.39 is 24.0 Å². The fourth-order valence-electron chi connectivity index (χ4n) is 1.92. The molecule has 0 bridgehead atoms. The highest BCUT2D eigenvalue weighted by molar-refractivity contribution is 6.00. The summed E-state index contributed by atoms with van der Waals surface area (Å²) in [6, 6.07) is 5.44. The highest BCUT2D eigenvalue weighted by atomic mass is 19.3. The third kappa shape index (κ3) is 3.90. The fraction of sp³-hybridized carbons (Fsp3) is 0.429. The maximum Gasteiger partial charge on any atom is 0.387 e. The maximum atomic E-state index is 12.3. The summed E-state index contributed by atoms with van der Waals surface area (Å²) in [6.45, 7) is 0.180. The molecular formula is C14H17F2NO4. The molecule has 0 aromatic heterocycles. The van der Waals surface area contributed by atoms with Crippen LogP contribution in [0, 0.1) is 0 Å². The van der Waals surface area contributed by atoms with Gasteiger partial charge in [-0.05, 0) is 25.0 Å². The molecule has 0 saturated heterocycles. The first-order valence-corrected chi connectivity index (χ1v) is 6.46. The minimum absolute atomic E-state index is 0.134. The monoisotopic (exact) mass is 301 g/mol. The van der Waals surface area contributed by atoms with Gasteiger partial charge in [0.25, 0.3) is 5.91 Å². The van der Waals surface area contributed by atoms with Crippen LogP contribution in [0.5, 0.6) is 5.75 Å². The molecule has 0 saturated carbocycles. The van der Waals surface area contributed by atoms with Gasteiger partial charge in [0.15, 0.2) is 0 Å². The molecule has 2 N–H and O–H groups in total. The van der Waals surface area contributed by atoms with Crippen LogP contribution in [-0.4, -0.2) is 29.1 Å². The average molecular weight is 301 g/mol. The number of rotatable bonds is 7. The van der Waals surface area contributed by atoms with Crippen LogP contribution in [-0.2, 0) is 4.79 Å². The van der Waals surface area contributed by atoms with Crippen LogP contribution in [0.25, 0.3) is 0 Å². The lowest BCUT2D eigenvalue weighted by Gasteiger charge is -2.28. The first-order chi connectivity index (χ1) is 9.86. The zero-order chi connectivity index (χ0) is 16.0. The number of ether oxygens (including phenoxy) is 1. The molecule has 5 nitrogen and oxygen atoms in total. The van der Waals surface area contributed by atoms with Gasteiger partial charge in [0.2, 0.25) is 0 Å². The van der Waals surface area contributed by atoms with Crippen LogP contribution in [0.1, 0.15) is 37.0 Å². The van der Waals surface area contributed by atoms with Gasteiger partial charge < -0.3 is 15.2 Å². The van der Waals surface area contributed by atoms with Crippen molar-refractivity contribution in [2.75, 3.05) is 0 Å². The minimum Gasteiger partial charge on any atom is -0.480 e. The van der Waals surface area contributed by atoms with E-state index in [2.05, 4.69) is 10.1 Å². The molecule has 0 atom stereocenters. The quantitative estimate of drug-likeness (QED) is 0.812. The summed E-state index contributed by atoms with van der Waals surface area (Å²) in [4.78, 5) is 23.5. The van der Waals surface area contributed by atoms with Crippen LogP contribution >= 0.6 is 0 Å². The molecule has 7 heteroatoms. The van der Waals surface area contributed by atoms with Crippen molar-refractivity contribution < 1.29 is 28.2 Å². The van der Waals surface area contributed by atoms with Crippen molar-refractivity contribution >= 4 is 11.9 Å². The first-order valence-electron chi connectivity index (χ1n) is 6.46. The predicted octanol–water partition coefficient (Wildman–Crippen LogP) is 2.66. The molecule has 1 rings (SSSR count). The minimum atomic E-state index is -3.07. The van der Waals surface area contributed by atoms with E-state index >= 15 is 0 Å². The van der Waals surface area contributed by atoms with Crippen LogP contribution in [0.15, 0.2) is 24.3 Å². The Kier molecular flexibility index (Phi) is 5.63. The van der Waals surface area contributed by atoms with Gasteiger partial charge in [0, 0.05) is 0 Å². The van der Waals surface area contributed by atoms with Crippen LogP contribution in [0.3, 0.4) is 0 Å². The molecule has 0 radical (unpaired) electrons. The van der Waals surface area contributed by atoms with E-state index in [0.717, 1.165) is 0 Å². The summed E-state index contributed by atoms with van der Waals surface area (Å²) in [5.41, 5.74) is -1.57. The van der Waals surface area contributed by atoms with Gasteiger partial charge in [0.05, 0.1) is 5.56 Å². The molecule has 0 unspecified atom stereocenters. The van der Waals surface area contributed by atoms with Gasteiger partial charge in [-0.15, -0.1) is 0 Å². The van der Waals surface area contributed by atoms with E-state index in [4.69, 9.17) is 0 Å². The molecule has 0 heterocycles. The largest absolute Gasteiger partial charge is 0.480 e. The third-order valence-electron chi connectivity index (χ3n) is 3.32. The van der Waals surface area contributed by atoms with Crippen molar-refractivity contribution in [3.05, 3.63) is 29.8 Å². The summed E-state index contributed by atoms with van der Waals surface area (Å²) < 4.78 is 28.9. The maximum absolute atomic E-state index is 12.3. The van der Waals surface area contributed by atoms with Crippen molar-refractivity contribution in [3.8, 4) is 5.75 Å². The zero-order valence-corrected chi connectivity index (χ0v) is 11.7. The molecule has 0 aliphatic carbocycles. The lowest BCUT2D eigenvalue weighted by molar-refractivity contribution is -0.144. The molecule has 0 aliphatic heterocycles. The van der Waals surface area contributed by atoms with Gasteiger partial charge >= 0.3 is 12.6 Å². The highest BCUT2D eigenvalue weighted by Gasteiger charge is 2.37. The van der Waals surface area contributed by atoms with E-state index in [1.807, 2.05) is 0 Å². The van der Waals surface area contributed by atoms with Crippen molar-refractivity contribution in [1.29, 1.82) is 0 Å². The van der Waals surface area contributed by atoms with Crippen LogP contribution in [0.2, 0.25) is 0 Å². The lowest BCUT2D eigenvalue weighted by atomic mass is 9.92. The summed E-state index contributed by atoms with van der Waals surface area (Å²) >= 11 is 0. The van der Waals surface area contributed by atoms with E-state index in [9.17, 15) is 23.5 Å². The Morgan fingerprint density at radius 3 is 2.33 bits per heavy atom. The number of benzene rings is 1. The summed E-state index contributed by atoms with van der Waals surface area (Å²) in [5, 5.41) is 11.7. The number of carbonyl (C=O) groups excluding carboxylic acids is 1. The molecule has 21 heavy (non-hydrogen) atoms. The van der Waals surface area contributed by atoms with Crippen LogP contribution < -0.4 is 10.1 Å². The Morgan fingerprint density at radius 2 is 1.86 bits per heavy atom. The number of nitrogens with one attached hydrogen (secondary N) is 1. The second-order valence-corrected chi connectivity index (χ2v) is 4.42. The second-order valence-electron chi connectivity index (χ2n) is 4.42. The summed E-state index contributed by atoms with van der Waals surface area (Å²) in [7, 11) is 0. The van der Waals surface area contributed by atoms with E-state index in [1.165, 1.54) is 24.3 Å². The Balaban J connectivity index is 3.06. The Morgan fingerprint density at radius 1 is 1.29 bits per heavy atom. The van der Waals surface area contributed by atoms with Crippen molar-refractivity contribution in [1.82, 2.24) is 5.32 Å². The SMILES string of the molecule is CCC(CC)(NC(=O)c1ccccc1OC(F)F)C(=O)O. The standard InChI is InChI=1S/C14H17F2NO4/c1-3-14(4-2,12(19)20)17-11(18)9-7-5-6-8-10(9)21-13(15)16/h5-8,13H,3-4H2,1-2H3,(H,17,18)(H,19,20).